The molecule has 0 N–H and O–H groups in total. The summed E-state index contributed by atoms with van der Waals surface area (Å²) in [6.07, 6.45) is 3.63. The Hall–Kier alpha value is -2.16. The van der Waals surface area contributed by atoms with Gasteiger partial charge in [-0.05, 0) is 17.7 Å². The Morgan fingerprint density at radius 1 is 1.06 bits per heavy atom. The lowest BCUT2D eigenvalue weighted by Crippen LogP contribution is -2.08. The topological polar surface area (TPSA) is 28.5 Å². The standard InChI is InChI=1S/C14H15N3/c1-17(2)13-8-9-14(16-11-13)15-10-12-6-4-3-5-7-12/h3-11H,1-2H3. The quantitative estimate of drug-likeness (QED) is 0.751. The second kappa shape index (κ2) is 5.25. The fraction of sp³-hybridized carbons (Fsp3) is 0.143. The van der Waals surface area contributed by atoms with Crippen LogP contribution in [0, 0.1) is 0 Å². The fourth-order valence-electron chi connectivity index (χ4n) is 1.40. The van der Waals surface area contributed by atoms with Crippen LogP contribution >= 0.6 is 0 Å². The first kappa shape index (κ1) is 11.3. The molecule has 2 rings (SSSR count). The predicted octanol–water partition coefficient (Wildman–Crippen LogP) is 2.90. The number of hydrogen-bond donors (Lipinski definition) is 0. The molecule has 3 heteroatoms. The first-order valence-corrected chi connectivity index (χ1v) is 5.48. The second-order valence-electron chi connectivity index (χ2n) is 3.94. The molecule has 0 fully saturated rings. The zero-order chi connectivity index (χ0) is 12.1. The first-order chi connectivity index (χ1) is 8.25. The lowest BCUT2D eigenvalue weighted by atomic mass is 10.2. The van der Waals surface area contributed by atoms with Crippen LogP contribution in [0.5, 0.6) is 0 Å². The second-order valence-corrected chi connectivity index (χ2v) is 3.94. The smallest absolute Gasteiger partial charge is 0.151 e. The van der Waals surface area contributed by atoms with Crippen LogP contribution in [0.4, 0.5) is 11.5 Å². The van der Waals surface area contributed by atoms with Crippen LogP contribution in [0.15, 0.2) is 53.7 Å². The van der Waals surface area contributed by atoms with Gasteiger partial charge in [-0.15, -0.1) is 0 Å². The summed E-state index contributed by atoms with van der Waals surface area (Å²) in [5.74, 6) is 0.722. The molecule has 86 valence electrons. The maximum Gasteiger partial charge on any atom is 0.151 e. The van der Waals surface area contributed by atoms with Gasteiger partial charge in [-0.1, -0.05) is 30.3 Å². The number of aliphatic imine (C=N–C) groups is 1. The molecule has 0 radical (unpaired) electrons. The van der Waals surface area contributed by atoms with Gasteiger partial charge in [0, 0.05) is 20.3 Å². The van der Waals surface area contributed by atoms with Crippen molar-refractivity contribution in [1.29, 1.82) is 0 Å². The number of benzene rings is 1. The summed E-state index contributed by atoms with van der Waals surface area (Å²) in [6, 6.07) is 13.9. The van der Waals surface area contributed by atoms with Crippen molar-refractivity contribution in [2.24, 2.45) is 4.99 Å². The molecule has 2 aromatic rings. The third kappa shape index (κ3) is 3.14. The molecule has 1 aromatic heterocycles. The van der Waals surface area contributed by atoms with E-state index >= 15 is 0 Å². The molecule has 0 aliphatic heterocycles. The molecule has 1 aromatic carbocycles. The summed E-state index contributed by atoms with van der Waals surface area (Å²) >= 11 is 0. The van der Waals surface area contributed by atoms with E-state index in [9.17, 15) is 0 Å². The molecule has 0 unspecified atom stereocenters. The van der Waals surface area contributed by atoms with Crippen LogP contribution in [0.25, 0.3) is 0 Å². The lowest BCUT2D eigenvalue weighted by Gasteiger charge is -2.10. The van der Waals surface area contributed by atoms with E-state index in [-0.39, 0.29) is 0 Å². The van der Waals surface area contributed by atoms with Gasteiger partial charge in [0.15, 0.2) is 5.82 Å². The third-order valence-electron chi connectivity index (χ3n) is 2.39. The molecule has 0 spiro atoms. The summed E-state index contributed by atoms with van der Waals surface area (Å²) in [5, 5.41) is 0. The molecule has 0 amide bonds. The Balaban J connectivity index is 2.12. The average molecular weight is 225 g/mol. The minimum Gasteiger partial charge on any atom is -0.376 e. The summed E-state index contributed by atoms with van der Waals surface area (Å²) in [7, 11) is 3.98. The number of hydrogen-bond acceptors (Lipinski definition) is 3. The third-order valence-corrected chi connectivity index (χ3v) is 2.39. The Morgan fingerprint density at radius 2 is 1.82 bits per heavy atom. The molecular weight excluding hydrogens is 210 g/mol. The number of nitrogens with zero attached hydrogens (tertiary/aromatic N) is 3. The molecule has 0 atom stereocenters. The molecule has 0 bridgehead atoms. The van der Waals surface area contributed by atoms with E-state index in [1.165, 1.54) is 0 Å². The highest BCUT2D eigenvalue weighted by Crippen LogP contribution is 2.14. The average Bonchev–Trinajstić information content (AvgIpc) is 2.38. The van der Waals surface area contributed by atoms with Gasteiger partial charge in [0.25, 0.3) is 0 Å². The zero-order valence-corrected chi connectivity index (χ0v) is 10.0. The van der Waals surface area contributed by atoms with Crippen LogP contribution in [-0.4, -0.2) is 25.3 Å². The SMILES string of the molecule is CN(C)c1ccc(N=Cc2ccccc2)nc1. The predicted molar refractivity (Wildman–Crippen MR) is 72.3 cm³/mol. The highest BCUT2D eigenvalue weighted by atomic mass is 15.1. The van der Waals surface area contributed by atoms with Crippen LogP contribution < -0.4 is 4.90 Å². The van der Waals surface area contributed by atoms with E-state index in [0.29, 0.717) is 0 Å². The van der Waals surface area contributed by atoms with Crippen molar-refractivity contribution in [3.05, 3.63) is 54.2 Å². The Labute approximate surface area is 101 Å². The number of anilines is 1. The summed E-state index contributed by atoms with van der Waals surface area (Å²) in [4.78, 5) is 10.6. The first-order valence-electron chi connectivity index (χ1n) is 5.48. The van der Waals surface area contributed by atoms with Crippen molar-refractivity contribution in [2.45, 2.75) is 0 Å². The molecule has 1 heterocycles. The molecule has 17 heavy (non-hydrogen) atoms. The van der Waals surface area contributed by atoms with E-state index in [1.807, 2.05) is 73.9 Å². The van der Waals surface area contributed by atoms with Crippen LogP contribution in [0.2, 0.25) is 0 Å². The monoisotopic (exact) mass is 225 g/mol. The summed E-state index contributed by atoms with van der Waals surface area (Å²) in [6.45, 7) is 0. The Morgan fingerprint density at radius 3 is 2.41 bits per heavy atom. The number of aromatic nitrogens is 1. The van der Waals surface area contributed by atoms with E-state index in [2.05, 4.69) is 9.98 Å². The maximum absolute atomic E-state index is 4.32. The number of pyridine rings is 1. The van der Waals surface area contributed by atoms with Crippen molar-refractivity contribution in [2.75, 3.05) is 19.0 Å². The highest BCUT2D eigenvalue weighted by molar-refractivity contribution is 5.81. The van der Waals surface area contributed by atoms with Gasteiger partial charge < -0.3 is 4.90 Å². The molecule has 0 saturated heterocycles. The molecule has 3 nitrogen and oxygen atoms in total. The van der Waals surface area contributed by atoms with Gasteiger partial charge in [0.2, 0.25) is 0 Å². The van der Waals surface area contributed by atoms with Crippen molar-refractivity contribution in [3.8, 4) is 0 Å². The lowest BCUT2D eigenvalue weighted by molar-refractivity contribution is 1.11. The van der Waals surface area contributed by atoms with Crippen molar-refractivity contribution in [1.82, 2.24) is 4.98 Å². The van der Waals surface area contributed by atoms with Crippen molar-refractivity contribution < 1.29 is 0 Å². The van der Waals surface area contributed by atoms with E-state index in [4.69, 9.17) is 0 Å². The summed E-state index contributed by atoms with van der Waals surface area (Å²) in [5.41, 5.74) is 2.15. The fourth-order valence-corrected chi connectivity index (χ4v) is 1.40. The normalized spacial score (nSPS) is 10.7. The van der Waals surface area contributed by atoms with Crippen LogP contribution in [-0.2, 0) is 0 Å². The minimum absolute atomic E-state index is 0.722. The molecular formula is C14H15N3. The van der Waals surface area contributed by atoms with Crippen molar-refractivity contribution in [3.63, 3.8) is 0 Å². The van der Waals surface area contributed by atoms with Gasteiger partial charge in [0.05, 0.1) is 11.9 Å². The molecule has 0 aliphatic carbocycles. The molecule has 0 saturated carbocycles. The van der Waals surface area contributed by atoms with Crippen LogP contribution in [0.1, 0.15) is 5.56 Å². The van der Waals surface area contributed by atoms with E-state index in [1.54, 1.807) is 0 Å². The number of rotatable bonds is 3. The van der Waals surface area contributed by atoms with Gasteiger partial charge in [0.1, 0.15) is 0 Å². The highest BCUT2D eigenvalue weighted by Gasteiger charge is 1.95. The zero-order valence-electron chi connectivity index (χ0n) is 10.0. The minimum atomic E-state index is 0.722. The molecule has 0 aliphatic rings. The maximum atomic E-state index is 4.32. The van der Waals surface area contributed by atoms with E-state index < -0.39 is 0 Å². The largest absolute Gasteiger partial charge is 0.376 e. The van der Waals surface area contributed by atoms with Crippen LogP contribution in [0.3, 0.4) is 0 Å². The van der Waals surface area contributed by atoms with Gasteiger partial charge >= 0.3 is 0 Å². The van der Waals surface area contributed by atoms with Gasteiger partial charge in [-0.3, -0.25) is 0 Å². The summed E-state index contributed by atoms with van der Waals surface area (Å²) < 4.78 is 0. The van der Waals surface area contributed by atoms with Crippen molar-refractivity contribution >= 4 is 17.7 Å². The van der Waals surface area contributed by atoms with Gasteiger partial charge in [-0.25, -0.2) is 9.98 Å². The van der Waals surface area contributed by atoms with Gasteiger partial charge in [-0.2, -0.15) is 0 Å². The van der Waals surface area contributed by atoms with E-state index in [0.717, 1.165) is 17.1 Å². The Kier molecular flexibility index (Phi) is 3.50. The Bertz CT molecular complexity index is 487.